The van der Waals surface area contributed by atoms with Gasteiger partial charge < -0.3 is 10.6 Å². The maximum Gasteiger partial charge on any atom is 0.224 e. The highest BCUT2D eigenvalue weighted by Gasteiger charge is 2.14. The number of nitrogens with one attached hydrogen (secondary N) is 2. The zero-order chi connectivity index (χ0) is 17.7. The van der Waals surface area contributed by atoms with Crippen molar-refractivity contribution in [2.75, 3.05) is 17.2 Å². The van der Waals surface area contributed by atoms with Crippen LogP contribution in [0.15, 0.2) is 30.5 Å². The van der Waals surface area contributed by atoms with Crippen LogP contribution in [0.1, 0.15) is 64.5 Å². The Kier molecular flexibility index (Phi) is 6.18. The molecule has 1 heterocycles. The monoisotopic (exact) mass is 326 g/mol. The fraction of sp³-hybridized carbons (Fsp3) is 0.500. The summed E-state index contributed by atoms with van der Waals surface area (Å²) in [4.78, 5) is 8.91. The van der Waals surface area contributed by atoms with E-state index in [9.17, 15) is 0 Å². The summed E-state index contributed by atoms with van der Waals surface area (Å²) in [6.45, 7) is 14.1. The van der Waals surface area contributed by atoms with Crippen LogP contribution in [0.5, 0.6) is 0 Å². The number of benzene rings is 1. The molecule has 4 heteroatoms. The molecule has 0 unspecified atom stereocenters. The molecule has 0 aliphatic rings. The first-order valence-corrected chi connectivity index (χ1v) is 8.85. The van der Waals surface area contributed by atoms with E-state index in [-0.39, 0.29) is 0 Å². The SMILES string of the molecule is CC(C)CNc1nccc(Nc2c(C(C)C)cccc2C(C)C)n1. The molecule has 0 radical (unpaired) electrons. The highest BCUT2D eigenvalue weighted by Crippen LogP contribution is 2.34. The third kappa shape index (κ3) is 4.70. The van der Waals surface area contributed by atoms with Crippen molar-refractivity contribution < 1.29 is 0 Å². The lowest BCUT2D eigenvalue weighted by molar-refractivity contribution is 0.684. The van der Waals surface area contributed by atoms with Crippen molar-refractivity contribution in [1.29, 1.82) is 0 Å². The van der Waals surface area contributed by atoms with Crippen LogP contribution in [0.3, 0.4) is 0 Å². The van der Waals surface area contributed by atoms with Crippen molar-refractivity contribution >= 4 is 17.5 Å². The number of nitrogens with zero attached hydrogens (tertiary/aromatic N) is 2. The molecule has 0 bridgehead atoms. The van der Waals surface area contributed by atoms with E-state index in [1.807, 2.05) is 6.07 Å². The maximum atomic E-state index is 4.61. The number of hydrogen-bond donors (Lipinski definition) is 2. The Balaban J connectivity index is 2.32. The number of anilines is 3. The van der Waals surface area contributed by atoms with Crippen molar-refractivity contribution in [2.24, 2.45) is 5.92 Å². The van der Waals surface area contributed by atoms with Crippen LogP contribution in [0.2, 0.25) is 0 Å². The molecular weight excluding hydrogens is 296 g/mol. The van der Waals surface area contributed by atoms with E-state index in [0.29, 0.717) is 23.7 Å². The molecule has 0 amide bonds. The van der Waals surface area contributed by atoms with Gasteiger partial charge in [-0.25, -0.2) is 4.98 Å². The van der Waals surface area contributed by atoms with E-state index in [0.717, 1.165) is 12.4 Å². The van der Waals surface area contributed by atoms with Crippen LogP contribution in [-0.2, 0) is 0 Å². The van der Waals surface area contributed by atoms with Crippen LogP contribution < -0.4 is 10.6 Å². The summed E-state index contributed by atoms with van der Waals surface area (Å²) in [5.74, 6) is 2.95. The molecule has 24 heavy (non-hydrogen) atoms. The lowest BCUT2D eigenvalue weighted by atomic mass is 9.92. The third-order valence-corrected chi connectivity index (χ3v) is 3.95. The van der Waals surface area contributed by atoms with Gasteiger partial charge in [0.1, 0.15) is 5.82 Å². The van der Waals surface area contributed by atoms with Crippen molar-refractivity contribution in [2.45, 2.75) is 53.4 Å². The van der Waals surface area contributed by atoms with Crippen LogP contribution in [0.25, 0.3) is 0 Å². The molecule has 0 saturated heterocycles. The first-order chi connectivity index (χ1) is 11.4. The van der Waals surface area contributed by atoms with Gasteiger partial charge in [-0.2, -0.15) is 4.98 Å². The molecule has 0 fully saturated rings. The lowest BCUT2D eigenvalue weighted by Gasteiger charge is -2.20. The predicted octanol–water partition coefficient (Wildman–Crippen LogP) is 5.53. The van der Waals surface area contributed by atoms with Gasteiger partial charge in [0.2, 0.25) is 5.95 Å². The molecule has 1 aromatic heterocycles. The molecule has 0 aliphatic heterocycles. The maximum absolute atomic E-state index is 4.61. The van der Waals surface area contributed by atoms with Gasteiger partial charge in [-0.1, -0.05) is 59.7 Å². The van der Waals surface area contributed by atoms with Crippen molar-refractivity contribution in [1.82, 2.24) is 9.97 Å². The molecule has 4 nitrogen and oxygen atoms in total. The molecule has 0 saturated carbocycles. The molecule has 2 rings (SSSR count). The van der Waals surface area contributed by atoms with Gasteiger partial charge in [0.15, 0.2) is 0 Å². The van der Waals surface area contributed by atoms with E-state index >= 15 is 0 Å². The third-order valence-electron chi connectivity index (χ3n) is 3.95. The Hall–Kier alpha value is -2.10. The minimum atomic E-state index is 0.451. The summed E-state index contributed by atoms with van der Waals surface area (Å²) in [5, 5.41) is 6.82. The average Bonchev–Trinajstić information content (AvgIpc) is 2.53. The molecular formula is C20H30N4. The Morgan fingerprint density at radius 2 is 1.54 bits per heavy atom. The number of para-hydroxylation sites is 1. The van der Waals surface area contributed by atoms with Gasteiger partial charge in [0.25, 0.3) is 0 Å². The molecule has 0 atom stereocenters. The predicted molar refractivity (Wildman–Crippen MR) is 103 cm³/mol. The fourth-order valence-corrected chi connectivity index (χ4v) is 2.63. The Labute approximate surface area is 146 Å². The highest BCUT2D eigenvalue weighted by atomic mass is 15.1. The second-order valence-corrected chi connectivity index (χ2v) is 7.29. The van der Waals surface area contributed by atoms with Crippen molar-refractivity contribution in [3.8, 4) is 0 Å². The topological polar surface area (TPSA) is 49.8 Å². The minimum Gasteiger partial charge on any atom is -0.354 e. The molecule has 1 aromatic carbocycles. The number of hydrogen-bond acceptors (Lipinski definition) is 4. The zero-order valence-corrected chi connectivity index (χ0v) is 15.7. The van der Waals surface area contributed by atoms with Crippen molar-refractivity contribution in [3.05, 3.63) is 41.6 Å². The standard InChI is InChI=1S/C20H30N4/c1-13(2)12-22-20-21-11-10-18(24-20)23-19-16(14(3)4)8-7-9-17(19)15(5)6/h7-11,13-15H,12H2,1-6H3,(H2,21,22,23,24). The van der Waals surface area contributed by atoms with Gasteiger partial charge in [0.05, 0.1) is 0 Å². The first-order valence-electron chi connectivity index (χ1n) is 8.85. The normalized spacial score (nSPS) is 11.4. The fourth-order valence-electron chi connectivity index (χ4n) is 2.63. The van der Waals surface area contributed by atoms with E-state index in [1.54, 1.807) is 6.20 Å². The summed E-state index contributed by atoms with van der Waals surface area (Å²) in [7, 11) is 0. The first kappa shape index (κ1) is 18.2. The number of rotatable bonds is 7. The second kappa shape index (κ2) is 8.13. The second-order valence-electron chi connectivity index (χ2n) is 7.29. The van der Waals surface area contributed by atoms with Gasteiger partial charge in [-0.15, -0.1) is 0 Å². The smallest absolute Gasteiger partial charge is 0.224 e. The molecule has 130 valence electrons. The number of aromatic nitrogens is 2. The van der Waals surface area contributed by atoms with Crippen LogP contribution in [0.4, 0.5) is 17.5 Å². The van der Waals surface area contributed by atoms with Gasteiger partial charge in [0, 0.05) is 18.4 Å². The van der Waals surface area contributed by atoms with Crippen LogP contribution in [-0.4, -0.2) is 16.5 Å². The van der Waals surface area contributed by atoms with Gasteiger partial charge >= 0.3 is 0 Å². The molecule has 0 aliphatic carbocycles. The zero-order valence-electron chi connectivity index (χ0n) is 15.7. The summed E-state index contributed by atoms with van der Waals surface area (Å²) < 4.78 is 0. The van der Waals surface area contributed by atoms with E-state index in [2.05, 4.69) is 80.3 Å². The Morgan fingerprint density at radius 3 is 2.08 bits per heavy atom. The summed E-state index contributed by atoms with van der Waals surface area (Å²) in [5.41, 5.74) is 3.81. The highest BCUT2D eigenvalue weighted by molar-refractivity contribution is 5.67. The van der Waals surface area contributed by atoms with Crippen LogP contribution in [0, 0.1) is 5.92 Å². The largest absolute Gasteiger partial charge is 0.354 e. The van der Waals surface area contributed by atoms with Gasteiger partial charge in [-0.3, -0.25) is 0 Å². The minimum absolute atomic E-state index is 0.451. The summed E-state index contributed by atoms with van der Waals surface area (Å²) in [6.07, 6.45) is 1.80. The molecule has 2 N–H and O–H groups in total. The average molecular weight is 326 g/mol. The van der Waals surface area contributed by atoms with Gasteiger partial charge in [-0.05, 0) is 34.9 Å². The van der Waals surface area contributed by atoms with Crippen molar-refractivity contribution in [3.63, 3.8) is 0 Å². The molecule has 2 aromatic rings. The summed E-state index contributed by atoms with van der Waals surface area (Å²) in [6, 6.07) is 8.45. The van der Waals surface area contributed by atoms with E-state index < -0.39 is 0 Å². The van der Waals surface area contributed by atoms with E-state index in [4.69, 9.17) is 0 Å². The van der Waals surface area contributed by atoms with Crippen LogP contribution >= 0.6 is 0 Å². The quantitative estimate of drug-likeness (QED) is 0.702. The Morgan fingerprint density at radius 1 is 0.917 bits per heavy atom. The molecule has 0 spiro atoms. The lowest BCUT2D eigenvalue weighted by Crippen LogP contribution is -2.11. The van der Waals surface area contributed by atoms with E-state index in [1.165, 1.54) is 16.8 Å². The summed E-state index contributed by atoms with van der Waals surface area (Å²) >= 11 is 0. The Bertz CT molecular complexity index is 636.